The van der Waals surface area contributed by atoms with Crippen molar-refractivity contribution in [2.24, 2.45) is 5.92 Å². The van der Waals surface area contributed by atoms with Gasteiger partial charge in [0.05, 0.1) is 0 Å². The maximum atomic E-state index is 3.64. The summed E-state index contributed by atoms with van der Waals surface area (Å²) in [5.41, 5.74) is 1.36. The minimum absolute atomic E-state index is 0.729. The van der Waals surface area contributed by atoms with Gasteiger partial charge in [0.2, 0.25) is 0 Å². The Balaban J connectivity index is 1.86. The van der Waals surface area contributed by atoms with Gasteiger partial charge in [-0.25, -0.2) is 0 Å². The fourth-order valence-corrected chi connectivity index (χ4v) is 2.71. The smallest absolute Gasteiger partial charge is 0.0220 e. The summed E-state index contributed by atoms with van der Waals surface area (Å²) in [4.78, 5) is 0. The zero-order valence-corrected chi connectivity index (χ0v) is 10.8. The lowest BCUT2D eigenvalue weighted by Gasteiger charge is -2.13. The molecule has 0 saturated heterocycles. The molecule has 1 aliphatic rings. The van der Waals surface area contributed by atoms with E-state index in [-0.39, 0.29) is 0 Å². The van der Waals surface area contributed by atoms with Crippen LogP contribution in [0.5, 0.6) is 0 Å². The molecular formula is C13H18BrN. The van der Waals surface area contributed by atoms with Crippen LogP contribution in [0.1, 0.15) is 31.7 Å². The van der Waals surface area contributed by atoms with Crippen molar-refractivity contribution in [1.82, 2.24) is 5.32 Å². The molecule has 1 aliphatic carbocycles. The van der Waals surface area contributed by atoms with Gasteiger partial charge >= 0.3 is 0 Å². The van der Waals surface area contributed by atoms with Gasteiger partial charge in [0, 0.05) is 17.1 Å². The molecule has 0 radical (unpaired) electrons. The molecule has 0 bridgehead atoms. The Morgan fingerprint density at radius 2 is 2.13 bits per heavy atom. The van der Waals surface area contributed by atoms with Gasteiger partial charge in [0.25, 0.3) is 0 Å². The normalized spacial score (nSPS) is 25.7. The summed E-state index contributed by atoms with van der Waals surface area (Å²) in [5.74, 6) is 0.904. The third-order valence-corrected chi connectivity index (χ3v) is 4.01. The molecule has 15 heavy (non-hydrogen) atoms. The van der Waals surface area contributed by atoms with Crippen LogP contribution in [-0.4, -0.2) is 6.04 Å². The summed E-state index contributed by atoms with van der Waals surface area (Å²) in [7, 11) is 0. The van der Waals surface area contributed by atoms with Gasteiger partial charge < -0.3 is 5.32 Å². The molecule has 0 spiro atoms. The molecule has 2 heteroatoms. The molecule has 1 saturated carbocycles. The van der Waals surface area contributed by atoms with Crippen LogP contribution in [0.3, 0.4) is 0 Å². The van der Waals surface area contributed by atoms with Crippen molar-refractivity contribution >= 4 is 15.9 Å². The summed E-state index contributed by atoms with van der Waals surface area (Å²) < 4.78 is 1.21. The lowest BCUT2D eigenvalue weighted by atomic mass is 10.1. The number of hydrogen-bond donors (Lipinski definition) is 1. The van der Waals surface area contributed by atoms with Crippen LogP contribution in [0.4, 0.5) is 0 Å². The summed E-state index contributed by atoms with van der Waals surface area (Å²) >= 11 is 3.58. The highest BCUT2D eigenvalue weighted by atomic mass is 79.9. The first kappa shape index (κ1) is 11.2. The summed E-state index contributed by atoms with van der Waals surface area (Å²) in [6.07, 6.45) is 4.06. The van der Waals surface area contributed by atoms with Crippen LogP contribution in [-0.2, 0) is 6.54 Å². The van der Waals surface area contributed by atoms with Gasteiger partial charge in [0.1, 0.15) is 0 Å². The summed E-state index contributed by atoms with van der Waals surface area (Å²) in [6, 6.07) is 9.17. The Labute approximate surface area is 100 Å². The predicted molar refractivity (Wildman–Crippen MR) is 67.8 cm³/mol. The molecular weight excluding hydrogens is 250 g/mol. The van der Waals surface area contributed by atoms with Gasteiger partial charge in [-0.3, -0.25) is 0 Å². The van der Waals surface area contributed by atoms with E-state index in [1.807, 2.05) is 0 Å². The molecule has 82 valence electrons. The second kappa shape index (κ2) is 5.13. The van der Waals surface area contributed by atoms with Crippen molar-refractivity contribution in [2.45, 2.75) is 38.8 Å². The van der Waals surface area contributed by atoms with Crippen molar-refractivity contribution < 1.29 is 0 Å². The van der Waals surface area contributed by atoms with Crippen molar-refractivity contribution in [1.29, 1.82) is 0 Å². The van der Waals surface area contributed by atoms with E-state index in [4.69, 9.17) is 0 Å². The molecule has 1 N–H and O–H groups in total. The molecule has 0 unspecified atom stereocenters. The number of benzene rings is 1. The molecule has 1 fully saturated rings. The first-order valence-electron chi connectivity index (χ1n) is 5.72. The molecule has 0 heterocycles. The zero-order valence-electron chi connectivity index (χ0n) is 9.17. The van der Waals surface area contributed by atoms with Crippen LogP contribution >= 0.6 is 15.9 Å². The van der Waals surface area contributed by atoms with E-state index < -0.39 is 0 Å². The van der Waals surface area contributed by atoms with Crippen LogP contribution in [0.15, 0.2) is 28.7 Å². The number of halogens is 1. The molecule has 1 nitrogen and oxygen atoms in total. The number of nitrogens with one attached hydrogen (secondary N) is 1. The van der Waals surface area contributed by atoms with Gasteiger partial charge in [-0.05, 0) is 36.8 Å². The highest BCUT2D eigenvalue weighted by Crippen LogP contribution is 2.25. The van der Waals surface area contributed by atoms with E-state index in [1.165, 1.54) is 29.3 Å². The van der Waals surface area contributed by atoms with E-state index in [0.717, 1.165) is 18.5 Å². The zero-order chi connectivity index (χ0) is 10.7. The maximum absolute atomic E-state index is 3.64. The lowest BCUT2D eigenvalue weighted by molar-refractivity contribution is 0.502. The second-order valence-electron chi connectivity index (χ2n) is 4.59. The SMILES string of the molecule is C[C@@H]1CC[C@H](NCc2ccccc2Br)C1. The molecule has 1 aromatic carbocycles. The Morgan fingerprint density at radius 3 is 2.80 bits per heavy atom. The first-order chi connectivity index (χ1) is 7.25. The van der Waals surface area contributed by atoms with Crippen LogP contribution in [0.2, 0.25) is 0 Å². The van der Waals surface area contributed by atoms with Gasteiger partial charge in [-0.15, -0.1) is 0 Å². The fraction of sp³-hybridized carbons (Fsp3) is 0.538. The summed E-state index contributed by atoms with van der Waals surface area (Å²) in [6.45, 7) is 3.33. The number of hydrogen-bond acceptors (Lipinski definition) is 1. The average molecular weight is 268 g/mol. The highest BCUT2D eigenvalue weighted by molar-refractivity contribution is 9.10. The van der Waals surface area contributed by atoms with Crippen molar-refractivity contribution in [3.8, 4) is 0 Å². The Morgan fingerprint density at radius 1 is 1.33 bits per heavy atom. The highest BCUT2D eigenvalue weighted by Gasteiger charge is 2.20. The molecule has 2 atom stereocenters. The van der Waals surface area contributed by atoms with Crippen LogP contribution in [0, 0.1) is 5.92 Å². The average Bonchev–Trinajstić information content (AvgIpc) is 2.63. The third-order valence-electron chi connectivity index (χ3n) is 3.23. The Hall–Kier alpha value is -0.340. The first-order valence-corrected chi connectivity index (χ1v) is 6.52. The summed E-state index contributed by atoms with van der Waals surface area (Å²) in [5, 5.41) is 3.64. The third kappa shape index (κ3) is 3.05. The monoisotopic (exact) mass is 267 g/mol. The van der Waals surface area contributed by atoms with Crippen molar-refractivity contribution in [3.05, 3.63) is 34.3 Å². The van der Waals surface area contributed by atoms with E-state index in [2.05, 4.69) is 52.4 Å². The van der Waals surface area contributed by atoms with Crippen molar-refractivity contribution in [2.75, 3.05) is 0 Å². The topological polar surface area (TPSA) is 12.0 Å². The quantitative estimate of drug-likeness (QED) is 0.880. The molecule has 0 aromatic heterocycles. The van der Waals surface area contributed by atoms with Gasteiger partial charge in [-0.1, -0.05) is 41.1 Å². The predicted octanol–water partition coefficient (Wildman–Crippen LogP) is 3.73. The van der Waals surface area contributed by atoms with Gasteiger partial charge in [-0.2, -0.15) is 0 Å². The van der Waals surface area contributed by atoms with E-state index in [1.54, 1.807) is 0 Å². The maximum Gasteiger partial charge on any atom is 0.0220 e. The fourth-order valence-electron chi connectivity index (χ4n) is 2.29. The number of rotatable bonds is 3. The lowest BCUT2D eigenvalue weighted by Crippen LogP contribution is -2.25. The Bertz CT molecular complexity index is 324. The minimum atomic E-state index is 0.729. The van der Waals surface area contributed by atoms with E-state index in [9.17, 15) is 0 Å². The molecule has 1 aromatic rings. The molecule has 0 amide bonds. The molecule has 0 aliphatic heterocycles. The Kier molecular flexibility index (Phi) is 3.81. The van der Waals surface area contributed by atoms with E-state index in [0.29, 0.717) is 0 Å². The molecule has 2 rings (SSSR count). The van der Waals surface area contributed by atoms with Crippen LogP contribution < -0.4 is 5.32 Å². The second-order valence-corrected chi connectivity index (χ2v) is 5.44. The van der Waals surface area contributed by atoms with Crippen LogP contribution in [0.25, 0.3) is 0 Å². The van der Waals surface area contributed by atoms with Gasteiger partial charge in [0.15, 0.2) is 0 Å². The largest absolute Gasteiger partial charge is 0.310 e. The van der Waals surface area contributed by atoms with Crippen molar-refractivity contribution in [3.63, 3.8) is 0 Å². The van der Waals surface area contributed by atoms with E-state index >= 15 is 0 Å². The standard InChI is InChI=1S/C13H18BrN/c1-10-6-7-12(8-10)15-9-11-4-2-3-5-13(11)14/h2-5,10,12,15H,6-9H2,1H3/t10-,12+/m1/s1. The minimum Gasteiger partial charge on any atom is -0.310 e.